The van der Waals surface area contributed by atoms with Crippen molar-refractivity contribution < 1.29 is 0 Å². The smallest absolute Gasteiger partial charge is 0.147 e. The summed E-state index contributed by atoms with van der Waals surface area (Å²) in [6.45, 7) is 5.60. The molecule has 21 heavy (non-hydrogen) atoms. The van der Waals surface area contributed by atoms with Crippen molar-refractivity contribution in [3.05, 3.63) is 24.5 Å². The van der Waals surface area contributed by atoms with Gasteiger partial charge in [-0.05, 0) is 50.5 Å². The number of likely N-dealkylation sites (tertiary alicyclic amines) is 1. The van der Waals surface area contributed by atoms with E-state index in [-0.39, 0.29) is 0 Å². The van der Waals surface area contributed by atoms with Crippen molar-refractivity contribution in [1.29, 1.82) is 0 Å². The van der Waals surface area contributed by atoms with Crippen molar-refractivity contribution in [2.75, 3.05) is 30.7 Å². The third-order valence-electron chi connectivity index (χ3n) is 3.99. The van der Waals surface area contributed by atoms with Gasteiger partial charge in [0.2, 0.25) is 0 Å². The van der Waals surface area contributed by atoms with Gasteiger partial charge in [-0.1, -0.05) is 6.07 Å². The highest BCUT2D eigenvalue weighted by atomic mass is 32.1. The second-order valence-electron chi connectivity index (χ2n) is 5.49. The third-order valence-corrected chi connectivity index (χ3v) is 4.81. The zero-order valence-electron chi connectivity index (χ0n) is 12.2. The van der Waals surface area contributed by atoms with Crippen LogP contribution >= 0.6 is 11.5 Å². The lowest BCUT2D eigenvalue weighted by molar-refractivity contribution is 0.269. The van der Waals surface area contributed by atoms with Gasteiger partial charge in [0.1, 0.15) is 10.8 Å². The van der Waals surface area contributed by atoms with E-state index in [0.29, 0.717) is 11.9 Å². The number of nitrogen functional groups attached to an aromatic ring is 1. The summed E-state index contributed by atoms with van der Waals surface area (Å²) in [5, 5.41) is 4.55. The Bertz CT molecular complexity index is 577. The van der Waals surface area contributed by atoms with Gasteiger partial charge in [0.05, 0.1) is 5.56 Å². The minimum absolute atomic E-state index is 0.526. The van der Waals surface area contributed by atoms with E-state index in [0.717, 1.165) is 22.7 Å². The maximum Gasteiger partial charge on any atom is 0.147 e. The predicted octanol–water partition coefficient (Wildman–Crippen LogP) is 2.68. The number of pyridine rings is 1. The maximum atomic E-state index is 6.02. The molecule has 1 aliphatic heterocycles. The first-order chi connectivity index (χ1) is 10.3. The summed E-state index contributed by atoms with van der Waals surface area (Å²) in [5.41, 5.74) is 8.01. The summed E-state index contributed by atoms with van der Waals surface area (Å²) in [4.78, 5) is 6.70. The van der Waals surface area contributed by atoms with E-state index in [1.165, 1.54) is 37.5 Å². The molecule has 1 saturated heterocycles. The van der Waals surface area contributed by atoms with Crippen LogP contribution in [0, 0.1) is 0 Å². The van der Waals surface area contributed by atoms with Gasteiger partial charge in [-0.3, -0.25) is 9.88 Å². The summed E-state index contributed by atoms with van der Waals surface area (Å²) in [7, 11) is 0. The van der Waals surface area contributed by atoms with Crippen LogP contribution in [0.2, 0.25) is 0 Å². The molecule has 112 valence electrons. The number of nitrogens with zero attached hydrogens (tertiary/aromatic N) is 3. The maximum absolute atomic E-state index is 6.02. The molecule has 1 unspecified atom stereocenters. The molecule has 5 nitrogen and oxygen atoms in total. The molecular weight excluding hydrogens is 282 g/mol. The SMILES string of the molecule is CC(CNc1snc(N)c1-c1cccnc1)N1CCCC1. The van der Waals surface area contributed by atoms with Crippen LogP contribution in [0.3, 0.4) is 0 Å². The predicted molar refractivity (Wildman–Crippen MR) is 88.5 cm³/mol. The first kappa shape index (κ1) is 14.3. The molecule has 1 atom stereocenters. The van der Waals surface area contributed by atoms with Crippen LogP contribution in [0.4, 0.5) is 10.8 Å². The second-order valence-corrected chi connectivity index (χ2v) is 6.26. The molecular formula is C15H21N5S. The third kappa shape index (κ3) is 3.16. The Morgan fingerprint density at radius 1 is 1.43 bits per heavy atom. The summed E-state index contributed by atoms with van der Waals surface area (Å²) in [6.07, 6.45) is 6.23. The molecule has 1 aliphatic rings. The topological polar surface area (TPSA) is 67.1 Å². The lowest BCUT2D eigenvalue weighted by atomic mass is 10.1. The van der Waals surface area contributed by atoms with Gasteiger partial charge in [0.15, 0.2) is 0 Å². The summed E-state index contributed by atoms with van der Waals surface area (Å²) < 4.78 is 4.28. The number of hydrogen-bond acceptors (Lipinski definition) is 6. The van der Waals surface area contributed by atoms with E-state index >= 15 is 0 Å². The molecule has 1 fully saturated rings. The fraction of sp³-hybridized carbons (Fsp3) is 0.467. The first-order valence-electron chi connectivity index (χ1n) is 7.39. The monoisotopic (exact) mass is 303 g/mol. The van der Waals surface area contributed by atoms with E-state index in [1.807, 2.05) is 18.3 Å². The molecule has 0 aliphatic carbocycles. The Kier molecular flexibility index (Phi) is 4.36. The number of aromatic nitrogens is 2. The quantitative estimate of drug-likeness (QED) is 0.889. The zero-order valence-corrected chi connectivity index (χ0v) is 13.1. The van der Waals surface area contributed by atoms with Crippen LogP contribution < -0.4 is 11.1 Å². The molecule has 2 aromatic rings. The fourth-order valence-electron chi connectivity index (χ4n) is 2.76. The highest BCUT2D eigenvalue weighted by Gasteiger charge is 2.19. The Morgan fingerprint density at radius 2 is 2.24 bits per heavy atom. The molecule has 0 spiro atoms. The zero-order chi connectivity index (χ0) is 14.7. The standard InChI is InChI=1S/C15H21N5S/c1-11(20-7-2-3-8-20)9-18-15-13(14(16)19-21-15)12-5-4-6-17-10-12/h4-6,10-11,18H,2-3,7-9H2,1H3,(H2,16,19). The van der Waals surface area contributed by atoms with E-state index in [2.05, 4.69) is 26.5 Å². The molecule has 2 aromatic heterocycles. The molecule has 0 bridgehead atoms. The van der Waals surface area contributed by atoms with Gasteiger partial charge in [0.25, 0.3) is 0 Å². The van der Waals surface area contributed by atoms with Crippen LogP contribution in [0.15, 0.2) is 24.5 Å². The minimum atomic E-state index is 0.526. The first-order valence-corrected chi connectivity index (χ1v) is 8.16. The van der Waals surface area contributed by atoms with Gasteiger partial charge in [0, 0.05) is 30.5 Å². The number of nitrogens with two attached hydrogens (primary N) is 1. The number of hydrogen-bond donors (Lipinski definition) is 2. The van der Waals surface area contributed by atoms with Gasteiger partial charge >= 0.3 is 0 Å². The Morgan fingerprint density at radius 3 is 2.95 bits per heavy atom. The minimum Gasteiger partial charge on any atom is -0.382 e. The van der Waals surface area contributed by atoms with E-state index in [1.54, 1.807) is 6.20 Å². The van der Waals surface area contributed by atoms with Crippen molar-refractivity contribution in [3.63, 3.8) is 0 Å². The van der Waals surface area contributed by atoms with Crippen LogP contribution in [0.1, 0.15) is 19.8 Å². The van der Waals surface area contributed by atoms with Gasteiger partial charge in [-0.2, -0.15) is 4.37 Å². The van der Waals surface area contributed by atoms with Crippen LogP contribution in [0.25, 0.3) is 11.1 Å². The Balaban J connectivity index is 1.71. The molecule has 3 rings (SSSR count). The largest absolute Gasteiger partial charge is 0.382 e. The molecule has 6 heteroatoms. The number of anilines is 2. The molecule has 0 saturated carbocycles. The Labute approximate surface area is 129 Å². The lowest BCUT2D eigenvalue weighted by Gasteiger charge is -2.24. The van der Waals surface area contributed by atoms with Gasteiger partial charge in [-0.15, -0.1) is 0 Å². The van der Waals surface area contributed by atoms with Crippen LogP contribution in [0.5, 0.6) is 0 Å². The van der Waals surface area contributed by atoms with E-state index in [4.69, 9.17) is 5.73 Å². The van der Waals surface area contributed by atoms with Crippen molar-refractivity contribution in [2.45, 2.75) is 25.8 Å². The molecule has 0 radical (unpaired) electrons. The average Bonchev–Trinajstić information content (AvgIpc) is 3.15. The van der Waals surface area contributed by atoms with Gasteiger partial charge < -0.3 is 11.1 Å². The summed E-state index contributed by atoms with van der Waals surface area (Å²) in [6, 6.07) is 4.46. The molecule has 3 heterocycles. The second kappa shape index (κ2) is 6.41. The molecule has 3 N–H and O–H groups in total. The highest BCUT2D eigenvalue weighted by molar-refractivity contribution is 7.11. The van der Waals surface area contributed by atoms with Crippen molar-refractivity contribution in [1.82, 2.24) is 14.3 Å². The number of rotatable bonds is 5. The van der Waals surface area contributed by atoms with Gasteiger partial charge in [-0.25, -0.2) is 0 Å². The average molecular weight is 303 g/mol. The molecule has 0 amide bonds. The highest BCUT2D eigenvalue weighted by Crippen LogP contribution is 2.36. The lowest BCUT2D eigenvalue weighted by Crippen LogP contribution is -2.35. The van der Waals surface area contributed by atoms with Crippen molar-refractivity contribution in [2.24, 2.45) is 0 Å². The fourth-order valence-corrected chi connectivity index (χ4v) is 3.51. The summed E-state index contributed by atoms with van der Waals surface area (Å²) in [5.74, 6) is 0.573. The van der Waals surface area contributed by atoms with E-state index in [9.17, 15) is 0 Å². The van der Waals surface area contributed by atoms with Crippen molar-refractivity contribution in [3.8, 4) is 11.1 Å². The molecule has 0 aromatic carbocycles. The van der Waals surface area contributed by atoms with E-state index < -0.39 is 0 Å². The Hall–Kier alpha value is -1.66. The van der Waals surface area contributed by atoms with Crippen LogP contribution in [-0.2, 0) is 0 Å². The number of nitrogens with one attached hydrogen (secondary N) is 1. The van der Waals surface area contributed by atoms with Crippen LogP contribution in [-0.4, -0.2) is 39.9 Å². The normalized spacial score (nSPS) is 17.0. The van der Waals surface area contributed by atoms with Crippen molar-refractivity contribution >= 4 is 22.4 Å². The summed E-state index contributed by atoms with van der Waals surface area (Å²) >= 11 is 1.42.